The monoisotopic (exact) mass is 268 g/mol. The first-order valence-electron chi connectivity index (χ1n) is 7.65. The van der Waals surface area contributed by atoms with E-state index in [1.54, 1.807) is 0 Å². The van der Waals surface area contributed by atoms with Gasteiger partial charge in [-0.15, -0.1) is 0 Å². The molecule has 2 aliphatic rings. The summed E-state index contributed by atoms with van der Waals surface area (Å²) < 4.78 is 0. The highest BCUT2D eigenvalue weighted by Crippen LogP contribution is 2.40. The Morgan fingerprint density at radius 3 is 2.42 bits per heavy atom. The Morgan fingerprint density at radius 1 is 1.26 bits per heavy atom. The summed E-state index contributed by atoms with van der Waals surface area (Å²) in [6.45, 7) is 6.01. The van der Waals surface area contributed by atoms with Crippen molar-refractivity contribution in [3.8, 4) is 0 Å². The lowest BCUT2D eigenvalue weighted by molar-refractivity contribution is -0.126. The van der Waals surface area contributed by atoms with Gasteiger partial charge in [0.2, 0.25) is 5.91 Å². The first-order valence-corrected chi connectivity index (χ1v) is 7.65. The van der Waals surface area contributed by atoms with Crippen LogP contribution in [0.3, 0.4) is 0 Å². The Morgan fingerprint density at radius 2 is 1.89 bits per heavy atom. The number of rotatable bonds is 4. The van der Waals surface area contributed by atoms with Crippen molar-refractivity contribution in [3.05, 3.63) is 0 Å². The zero-order valence-electron chi connectivity index (χ0n) is 12.4. The van der Waals surface area contributed by atoms with Gasteiger partial charge in [0.05, 0.1) is 12.1 Å². The Labute approximate surface area is 116 Å². The molecule has 0 saturated heterocycles. The molecule has 0 aromatic carbocycles. The van der Waals surface area contributed by atoms with E-state index in [0.29, 0.717) is 6.04 Å². The van der Waals surface area contributed by atoms with Gasteiger partial charge >= 0.3 is 0 Å². The van der Waals surface area contributed by atoms with Crippen molar-refractivity contribution < 1.29 is 9.90 Å². The minimum absolute atomic E-state index is 0.101. The van der Waals surface area contributed by atoms with Crippen LogP contribution in [0, 0.1) is 5.41 Å². The summed E-state index contributed by atoms with van der Waals surface area (Å²) in [6, 6.07) is 0.416. The van der Waals surface area contributed by atoms with Crippen LogP contribution >= 0.6 is 0 Å². The molecular formula is C15H28N2O2. The van der Waals surface area contributed by atoms with Gasteiger partial charge in [0.25, 0.3) is 0 Å². The molecule has 0 aromatic rings. The van der Waals surface area contributed by atoms with Crippen molar-refractivity contribution in [1.29, 1.82) is 0 Å². The molecule has 4 heteroatoms. The van der Waals surface area contributed by atoms with Crippen molar-refractivity contribution in [2.45, 2.75) is 83.5 Å². The van der Waals surface area contributed by atoms with Crippen LogP contribution in [0.1, 0.15) is 59.3 Å². The van der Waals surface area contributed by atoms with Crippen LogP contribution in [0.2, 0.25) is 0 Å². The zero-order valence-corrected chi connectivity index (χ0v) is 12.4. The molecule has 1 amide bonds. The summed E-state index contributed by atoms with van der Waals surface area (Å²) in [5.41, 5.74) is -0.126. The summed E-state index contributed by atoms with van der Waals surface area (Å²) >= 11 is 0. The van der Waals surface area contributed by atoms with Crippen LogP contribution in [-0.4, -0.2) is 35.2 Å². The van der Waals surface area contributed by atoms with Gasteiger partial charge in [-0.2, -0.15) is 0 Å². The van der Waals surface area contributed by atoms with Gasteiger partial charge in [0, 0.05) is 17.5 Å². The number of aliphatic hydroxyl groups is 1. The summed E-state index contributed by atoms with van der Waals surface area (Å²) in [5, 5.41) is 16.2. The largest absolute Gasteiger partial charge is 0.392 e. The number of aliphatic hydroxyl groups excluding tert-OH is 1. The summed E-state index contributed by atoms with van der Waals surface area (Å²) in [7, 11) is 0. The third kappa shape index (κ3) is 3.29. The normalized spacial score (nSPS) is 32.4. The zero-order chi connectivity index (χ0) is 14.0. The standard InChI is InChI=1S/C15H28N2O2/c1-10(16-12-9-13(18)15(12,2)3)14(19)17-11-7-5-4-6-8-11/h10-13,16,18H,4-9H2,1-3H3,(H,17,19). The highest BCUT2D eigenvalue weighted by Gasteiger charge is 2.47. The molecule has 2 saturated carbocycles. The van der Waals surface area contributed by atoms with Crippen molar-refractivity contribution in [2.24, 2.45) is 5.41 Å². The number of amides is 1. The lowest BCUT2D eigenvalue weighted by Crippen LogP contribution is -2.63. The van der Waals surface area contributed by atoms with Crippen molar-refractivity contribution in [3.63, 3.8) is 0 Å². The average molecular weight is 268 g/mol. The fourth-order valence-corrected chi connectivity index (χ4v) is 3.14. The van der Waals surface area contributed by atoms with Gasteiger partial charge in [-0.05, 0) is 26.2 Å². The second-order valence-electron chi connectivity index (χ2n) is 6.86. The van der Waals surface area contributed by atoms with Gasteiger partial charge in [0.15, 0.2) is 0 Å². The highest BCUT2D eigenvalue weighted by atomic mass is 16.3. The predicted molar refractivity (Wildman–Crippen MR) is 75.8 cm³/mol. The van der Waals surface area contributed by atoms with E-state index >= 15 is 0 Å². The summed E-state index contributed by atoms with van der Waals surface area (Å²) in [6.07, 6.45) is 6.49. The minimum atomic E-state index is -0.251. The van der Waals surface area contributed by atoms with E-state index in [-0.39, 0.29) is 29.5 Å². The van der Waals surface area contributed by atoms with Crippen LogP contribution in [-0.2, 0) is 4.79 Å². The van der Waals surface area contributed by atoms with E-state index in [1.807, 2.05) is 20.8 Å². The van der Waals surface area contributed by atoms with Gasteiger partial charge in [-0.1, -0.05) is 33.1 Å². The van der Waals surface area contributed by atoms with Crippen LogP contribution < -0.4 is 10.6 Å². The number of carbonyl (C=O) groups is 1. The van der Waals surface area contributed by atoms with Crippen molar-refractivity contribution in [2.75, 3.05) is 0 Å². The van der Waals surface area contributed by atoms with Gasteiger partial charge < -0.3 is 15.7 Å². The van der Waals surface area contributed by atoms with Crippen LogP contribution in [0.4, 0.5) is 0 Å². The van der Waals surface area contributed by atoms with Crippen LogP contribution in [0.15, 0.2) is 0 Å². The summed E-state index contributed by atoms with van der Waals surface area (Å²) in [5.74, 6) is 0.101. The number of nitrogens with one attached hydrogen (secondary N) is 2. The molecule has 0 spiro atoms. The molecule has 3 N–H and O–H groups in total. The average Bonchev–Trinajstić information content (AvgIpc) is 2.39. The topological polar surface area (TPSA) is 61.4 Å². The molecule has 2 fully saturated rings. The quantitative estimate of drug-likeness (QED) is 0.725. The molecule has 19 heavy (non-hydrogen) atoms. The van der Waals surface area contributed by atoms with E-state index in [9.17, 15) is 9.90 Å². The molecule has 0 aliphatic heterocycles. The predicted octanol–water partition coefficient (Wildman–Crippen LogP) is 1.57. The van der Waals surface area contributed by atoms with Crippen LogP contribution in [0.25, 0.3) is 0 Å². The third-order valence-corrected chi connectivity index (χ3v) is 5.01. The molecule has 2 rings (SSSR count). The lowest BCUT2D eigenvalue weighted by atomic mass is 9.64. The maximum Gasteiger partial charge on any atom is 0.237 e. The Balaban J connectivity index is 1.76. The number of hydrogen-bond acceptors (Lipinski definition) is 3. The van der Waals surface area contributed by atoms with Gasteiger partial charge in [-0.25, -0.2) is 0 Å². The number of hydrogen-bond donors (Lipinski definition) is 3. The molecule has 110 valence electrons. The molecule has 3 atom stereocenters. The minimum Gasteiger partial charge on any atom is -0.392 e. The molecule has 0 radical (unpaired) electrons. The number of carbonyl (C=O) groups excluding carboxylic acids is 1. The Bertz CT molecular complexity index is 324. The SMILES string of the molecule is CC(NC1CC(O)C1(C)C)C(=O)NC1CCCCC1. The maximum atomic E-state index is 12.1. The van der Waals surface area contributed by atoms with Crippen molar-refractivity contribution >= 4 is 5.91 Å². The molecule has 0 heterocycles. The lowest BCUT2D eigenvalue weighted by Gasteiger charge is -2.50. The van der Waals surface area contributed by atoms with E-state index in [2.05, 4.69) is 10.6 Å². The first-order chi connectivity index (χ1) is 8.91. The molecule has 3 unspecified atom stereocenters. The summed E-state index contributed by atoms with van der Waals surface area (Å²) in [4.78, 5) is 12.1. The van der Waals surface area contributed by atoms with E-state index < -0.39 is 0 Å². The maximum absolute atomic E-state index is 12.1. The Kier molecular flexibility index (Phi) is 4.51. The van der Waals surface area contributed by atoms with Gasteiger partial charge in [0.1, 0.15) is 0 Å². The van der Waals surface area contributed by atoms with E-state index in [0.717, 1.165) is 19.3 Å². The molecule has 4 nitrogen and oxygen atoms in total. The first kappa shape index (κ1) is 14.8. The van der Waals surface area contributed by atoms with E-state index in [4.69, 9.17) is 0 Å². The van der Waals surface area contributed by atoms with E-state index in [1.165, 1.54) is 19.3 Å². The molecule has 2 aliphatic carbocycles. The molecular weight excluding hydrogens is 240 g/mol. The fraction of sp³-hybridized carbons (Fsp3) is 0.933. The fourth-order valence-electron chi connectivity index (χ4n) is 3.14. The highest BCUT2D eigenvalue weighted by molar-refractivity contribution is 5.81. The van der Waals surface area contributed by atoms with Crippen LogP contribution in [0.5, 0.6) is 0 Å². The Hall–Kier alpha value is -0.610. The van der Waals surface area contributed by atoms with Crippen molar-refractivity contribution in [1.82, 2.24) is 10.6 Å². The second kappa shape index (κ2) is 5.80. The second-order valence-corrected chi connectivity index (χ2v) is 6.86. The molecule has 0 bridgehead atoms. The molecule has 0 aromatic heterocycles. The van der Waals surface area contributed by atoms with Gasteiger partial charge in [-0.3, -0.25) is 4.79 Å². The third-order valence-electron chi connectivity index (χ3n) is 5.01. The smallest absolute Gasteiger partial charge is 0.237 e.